The molecular weight excluding hydrogens is 351 g/mol. The molecular formula is C13H16F3N3O4S. The Bertz CT molecular complexity index is 701. The Hall–Kier alpha value is -1.88. The molecule has 1 aliphatic heterocycles. The molecule has 1 aromatic heterocycles. The minimum Gasteiger partial charge on any atom is -0.467 e. The lowest BCUT2D eigenvalue weighted by molar-refractivity contribution is -0.154. The number of alkyl halides is 3. The zero-order chi connectivity index (χ0) is 18.0. The Morgan fingerprint density at radius 1 is 1.29 bits per heavy atom. The van der Waals surface area contributed by atoms with Gasteiger partial charge in [-0.05, 0) is 12.1 Å². The molecule has 2 rings (SSSR count). The van der Waals surface area contributed by atoms with E-state index in [4.69, 9.17) is 0 Å². The minimum atomic E-state index is -4.54. The van der Waals surface area contributed by atoms with Crippen LogP contribution in [0.5, 0.6) is 5.88 Å². The summed E-state index contributed by atoms with van der Waals surface area (Å²) in [7, 11) is -3.34. The maximum absolute atomic E-state index is 12.5. The van der Waals surface area contributed by atoms with Gasteiger partial charge in [-0.1, -0.05) is 0 Å². The van der Waals surface area contributed by atoms with Gasteiger partial charge >= 0.3 is 6.18 Å². The van der Waals surface area contributed by atoms with E-state index in [9.17, 15) is 26.4 Å². The molecule has 0 radical (unpaired) electrons. The Morgan fingerprint density at radius 3 is 2.46 bits per heavy atom. The summed E-state index contributed by atoms with van der Waals surface area (Å²) in [5.41, 5.74) is -0.0884. The number of pyridine rings is 1. The summed E-state index contributed by atoms with van der Waals surface area (Å²) in [5, 5.41) is 0. The fraction of sp³-hybridized carbons (Fsp3) is 0.538. The number of carbonyl (C=O) groups excluding carboxylic acids is 1. The van der Waals surface area contributed by atoms with Gasteiger partial charge in [0.1, 0.15) is 5.56 Å². The van der Waals surface area contributed by atoms with E-state index in [0.29, 0.717) is 0 Å². The van der Waals surface area contributed by atoms with Crippen molar-refractivity contribution in [2.75, 3.05) is 39.0 Å². The summed E-state index contributed by atoms with van der Waals surface area (Å²) in [6, 6.07) is 2.74. The van der Waals surface area contributed by atoms with Crippen molar-refractivity contribution in [1.82, 2.24) is 14.2 Å². The average Bonchev–Trinajstić information content (AvgIpc) is 2.51. The number of rotatable bonds is 4. The number of amides is 1. The van der Waals surface area contributed by atoms with Gasteiger partial charge in [0.2, 0.25) is 15.9 Å². The van der Waals surface area contributed by atoms with Crippen molar-refractivity contribution >= 4 is 15.9 Å². The van der Waals surface area contributed by atoms with Gasteiger partial charge in [0.25, 0.3) is 5.91 Å². The highest BCUT2D eigenvalue weighted by Crippen LogP contribution is 2.22. The van der Waals surface area contributed by atoms with Crippen molar-refractivity contribution in [3.05, 3.63) is 23.9 Å². The molecule has 134 valence electrons. The maximum Gasteiger partial charge on any atom is 0.422 e. The number of ether oxygens (including phenoxy) is 1. The summed E-state index contributed by atoms with van der Waals surface area (Å²) < 4.78 is 65.6. The highest BCUT2D eigenvalue weighted by molar-refractivity contribution is 7.88. The van der Waals surface area contributed by atoms with Gasteiger partial charge in [0.05, 0.1) is 6.26 Å². The van der Waals surface area contributed by atoms with Crippen molar-refractivity contribution in [2.24, 2.45) is 0 Å². The molecule has 2 heterocycles. The molecule has 1 aromatic rings. The molecule has 1 aliphatic rings. The zero-order valence-electron chi connectivity index (χ0n) is 12.8. The molecule has 0 atom stereocenters. The van der Waals surface area contributed by atoms with Crippen LogP contribution < -0.4 is 4.74 Å². The summed E-state index contributed by atoms with van der Waals surface area (Å²) in [6.07, 6.45) is -2.24. The highest BCUT2D eigenvalue weighted by atomic mass is 32.2. The third kappa shape index (κ3) is 4.81. The molecule has 0 spiro atoms. The largest absolute Gasteiger partial charge is 0.467 e. The number of sulfonamides is 1. The Kier molecular flexibility index (Phi) is 5.33. The number of carbonyl (C=O) groups is 1. The van der Waals surface area contributed by atoms with Crippen LogP contribution in [0.15, 0.2) is 18.3 Å². The summed E-state index contributed by atoms with van der Waals surface area (Å²) in [5.74, 6) is -0.946. The lowest BCUT2D eigenvalue weighted by atomic mass is 10.2. The number of hydrogen-bond acceptors (Lipinski definition) is 5. The number of hydrogen-bond donors (Lipinski definition) is 0. The van der Waals surface area contributed by atoms with Crippen molar-refractivity contribution in [2.45, 2.75) is 6.18 Å². The molecule has 0 bridgehead atoms. The van der Waals surface area contributed by atoms with Crippen LogP contribution in [0.1, 0.15) is 10.4 Å². The SMILES string of the molecule is CS(=O)(=O)N1CCN(C(=O)c2cccnc2OCC(F)(F)F)CC1. The van der Waals surface area contributed by atoms with E-state index in [0.717, 1.165) is 6.26 Å². The predicted molar refractivity (Wildman–Crippen MR) is 78.1 cm³/mol. The Labute approximate surface area is 137 Å². The van der Waals surface area contributed by atoms with E-state index >= 15 is 0 Å². The number of nitrogens with zero attached hydrogens (tertiary/aromatic N) is 3. The van der Waals surface area contributed by atoms with Crippen LogP contribution in [0.3, 0.4) is 0 Å². The fourth-order valence-electron chi connectivity index (χ4n) is 2.21. The van der Waals surface area contributed by atoms with Gasteiger partial charge in [0.15, 0.2) is 6.61 Å². The van der Waals surface area contributed by atoms with Crippen LogP contribution in [0.4, 0.5) is 13.2 Å². The number of piperazine rings is 1. The lowest BCUT2D eigenvalue weighted by Gasteiger charge is -2.33. The maximum atomic E-state index is 12.5. The predicted octanol–water partition coefficient (Wildman–Crippen LogP) is 0.740. The van der Waals surface area contributed by atoms with Crippen LogP contribution >= 0.6 is 0 Å². The zero-order valence-corrected chi connectivity index (χ0v) is 13.6. The topological polar surface area (TPSA) is 79.8 Å². The first kappa shape index (κ1) is 18.5. The van der Waals surface area contributed by atoms with Crippen LogP contribution in [-0.4, -0.2) is 73.7 Å². The molecule has 0 saturated carbocycles. The van der Waals surface area contributed by atoms with Gasteiger partial charge in [-0.3, -0.25) is 4.79 Å². The molecule has 7 nitrogen and oxygen atoms in total. The fourth-order valence-corrected chi connectivity index (χ4v) is 3.04. The van der Waals surface area contributed by atoms with E-state index in [1.165, 1.54) is 27.5 Å². The van der Waals surface area contributed by atoms with E-state index < -0.39 is 34.6 Å². The molecule has 0 aromatic carbocycles. The minimum absolute atomic E-state index is 0.0884. The van der Waals surface area contributed by atoms with Crippen molar-refractivity contribution in [1.29, 1.82) is 0 Å². The Balaban J connectivity index is 2.08. The van der Waals surface area contributed by atoms with Gasteiger partial charge in [0, 0.05) is 32.4 Å². The Morgan fingerprint density at radius 2 is 1.92 bits per heavy atom. The summed E-state index contributed by atoms with van der Waals surface area (Å²) >= 11 is 0. The van der Waals surface area contributed by atoms with E-state index in [1.54, 1.807) is 0 Å². The van der Waals surface area contributed by atoms with Crippen LogP contribution in [-0.2, 0) is 10.0 Å². The smallest absolute Gasteiger partial charge is 0.422 e. The van der Waals surface area contributed by atoms with Gasteiger partial charge in [-0.25, -0.2) is 13.4 Å². The molecule has 0 unspecified atom stereocenters. The highest BCUT2D eigenvalue weighted by Gasteiger charge is 2.31. The third-order valence-electron chi connectivity index (χ3n) is 3.37. The molecule has 1 fully saturated rings. The monoisotopic (exact) mass is 367 g/mol. The molecule has 0 aliphatic carbocycles. The molecule has 11 heteroatoms. The summed E-state index contributed by atoms with van der Waals surface area (Å²) in [4.78, 5) is 17.5. The third-order valence-corrected chi connectivity index (χ3v) is 4.67. The molecule has 0 N–H and O–H groups in total. The normalized spacial score (nSPS) is 16.9. The number of aromatic nitrogens is 1. The van der Waals surface area contributed by atoms with Crippen LogP contribution in [0, 0.1) is 0 Å². The number of halogens is 3. The van der Waals surface area contributed by atoms with Gasteiger partial charge < -0.3 is 9.64 Å². The van der Waals surface area contributed by atoms with Crippen molar-refractivity contribution < 1.29 is 31.1 Å². The van der Waals surface area contributed by atoms with Crippen LogP contribution in [0.25, 0.3) is 0 Å². The van der Waals surface area contributed by atoms with E-state index in [2.05, 4.69) is 9.72 Å². The quantitative estimate of drug-likeness (QED) is 0.784. The molecule has 1 amide bonds. The lowest BCUT2D eigenvalue weighted by Crippen LogP contribution is -2.50. The molecule has 24 heavy (non-hydrogen) atoms. The first-order valence-corrected chi connectivity index (χ1v) is 8.82. The first-order chi connectivity index (χ1) is 11.1. The summed E-state index contributed by atoms with van der Waals surface area (Å²) in [6.45, 7) is -1.02. The second kappa shape index (κ2) is 6.93. The van der Waals surface area contributed by atoms with Gasteiger partial charge in [-0.15, -0.1) is 0 Å². The van der Waals surface area contributed by atoms with E-state index in [-0.39, 0.29) is 31.7 Å². The van der Waals surface area contributed by atoms with Gasteiger partial charge in [-0.2, -0.15) is 17.5 Å². The molecule has 1 saturated heterocycles. The second-order valence-corrected chi connectivity index (χ2v) is 7.20. The van der Waals surface area contributed by atoms with E-state index in [1.807, 2.05) is 0 Å². The second-order valence-electron chi connectivity index (χ2n) is 5.21. The van der Waals surface area contributed by atoms with Crippen LogP contribution in [0.2, 0.25) is 0 Å². The first-order valence-electron chi connectivity index (χ1n) is 6.97. The standard InChI is InChI=1S/C13H16F3N3O4S/c1-24(21,22)19-7-5-18(6-8-19)12(20)10-3-2-4-17-11(10)23-9-13(14,15)16/h2-4H,5-9H2,1H3. The van der Waals surface area contributed by atoms with Crippen molar-refractivity contribution in [3.8, 4) is 5.88 Å². The van der Waals surface area contributed by atoms with Crippen molar-refractivity contribution in [3.63, 3.8) is 0 Å². The average molecular weight is 367 g/mol.